The van der Waals surface area contributed by atoms with Gasteiger partial charge >= 0.3 is 0 Å². The maximum Gasteiger partial charge on any atom is 0.191 e. The van der Waals surface area contributed by atoms with E-state index in [1.165, 1.54) is 5.56 Å². The van der Waals surface area contributed by atoms with Gasteiger partial charge in [0.25, 0.3) is 0 Å². The van der Waals surface area contributed by atoms with E-state index in [0.717, 1.165) is 69.8 Å². The Hall–Kier alpha value is -2.45. The maximum absolute atomic E-state index is 5.85. The van der Waals surface area contributed by atoms with Gasteiger partial charge in [0.15, 0.2) is 11.8 Å². The molecule has 0 radical (unpaired) electrons. The van der Waals surface area contributed by atoms with Crippen molar-refractivity contribution >= 4 is 5.96 Å². The normalized spacial score (nSPS) is 15.3. The third-order valence-electron chi connectivity index (χ3n) is 5.31. The van der Waals surface area contributed by atoms with Gasteiger partial charge in [-0.3, -0.25) is 0 Å². The number of ether oxygens (including phenoxy) is 2. The highest BCUT2D eigenvalue weighted by Gasteiger charge is 2.13. The Morgan fingerprint density at radius 1 is 1.20 bits per heavy atom. The van der Waals surface area contributed by atoms with Gasteiger partial charge in [-0.15, -0.1) is 10.2 Å². The highest BCUT2D eigenvalue weighted by molar-refractivity contribution is 5.79. The van der Waals surface area contributed by atoms with Crippen molar-refractivity contribution in [1.82, 2.24) is 25.4 Å². The molecule has 30 heavy (non-hydrogen) atoms. The van der Waals surface area contributed by atoms with Gasteiger partial charge in [0, 0.05) is 40.0 Å². The van der Waals surface area contributed by atoms with Crippen LogP contribution in [0.5, 0.6) is 0 Å². The Bertz CT molecular complexity index is 771. The zero-order valence-electron chi connectivity index (χ0n) is 18.1. The summed E-state index contributed by atoms with van der Waals surface area (Å²) in [5.41, 5.74) is 1.17. The standard InChI is InChI=1S/C22H34N6O2/c1-18-26-27-21(28(18)2)16-25-22(24-15-19-7-4-3-5-8-19)23-11-6-12-30-17-20-9-13-29-14-10-20/h3-5,7-8,20H,6,9-17H2,1-2H3,(H2,23,24,25). The number of benzene rings is 1. The number of aryl methyl sites for hydroxylation is 1. The molecule has 0 aliphatic carbocycles. The molecule has 1 fully saturated rings. The molecule has 2 heterocycles. The highest BCUT2D eigenvalue weighted by Crippen LogP contribution is 2.14. The molecule has 2 N–H and O–H groups in total. The summed E-state index contributed by atoms with van der Waals surface area (Å²) in [6.45, 7) is 7.25. The van der Waals surface area contributed by atoms with Crippen molar-refractivity contribution in [2.24, 2.45) is 18.0 Å². The molecule has 1 aromatic heterocycles. The molecule has 0 unspecified atom stereocenters. The zero-order valence-corrected chi connectivity index (χ0v) is 18.1. The van der Waals surface area contributed by atoms with Gasteiger partial charge in [-0.05, 0) is 37.7 Å². The lowest BCUT2D eigenvalue weighted by Crippen LogP contribution is -2.38. The van der Waals surface area contributed by atoms with Crippen molar-refractivity contribution in [1.29, 1.82) is 0 Å². The lowest BCUT2D eigenvalue weighted by molar-refractivity contribution is 0.0203. The Labute approximate surface area is 179 Å². The summed E-state index contributed by atoms with van der Waals surface area (Å²) in [6.07, 6.45) is 3.15. The van der Waals surface area contributed by atoms with Gasteiger partial charge in [-0.25, -0.2) is 4.99 Å². The summed E-state index contributed by atoms with van der Waals surface area (Å²) >= 11 is 0. The van der Waals surface area contributed by atoms with Gasteiger partial charge in [0.1, 0.15) is 5.82 Å². The molecule has 8 heteroatoms. The van der Waals surface area contributed by atoms with Crippen molar-refractivity contribution in [3.8, 4) is 0 Å². The number of aliphatic imine (C=N–C) groups is 1. The molecule has 3 rings (SSSR count). The van der Waals surface area contributed by atoms with Crippen LogP contribution in [0.3, 0.4) is 0 Å². The summed E-state index contributed by atoms with van der Waals surface area (Å²) in [5.74, 6) is 3.18. The fourth-order valence-electron chi connectivity index (χ4n) is 3.24. The second-order valence-electron chi connectivity index (χ2n) is 7.64. The first-order valence-electron chi connectivity index (χ1n) is 10.8. The smallest absolute Gasteiger partial charge is 0.191 e. The first-order chi connectivity index (χ1) is 14.7. The molecule has 8 nitrogen and oxygen atoms in total. The van der Waals surface area contributed by atoms with Crippen LogP contribution in [0.4, 0.5) is 0 Å². The van der Waals surface area contributed by atoms with Crippen LogP contribution in [0.1, 0.15) is 36.5 Å². The molecule has 0 bridgehead atoms. The minimum atomic E-state index is 0.568. The summed E-state index contributed by atoms with van der Waals surface area (Å²) in [7, 11) is 1.97. The van der Waals surface area contributed by atoms with Crippen LogP contribution in [0.2, 0.25) is 0 Å². The Morgan fingerprint density at radius 3 is 2.73 bits per heavy atom. The summed E-state index contributed by atoms with van der Waals surface area (Å²) < 4.78 is 13.2. The Kier molecular flexibility index (Phi) is 9.11. The summed E-state index contributed by atoms with van der Waals surface area (Å²) in [5, 5.41) is 15.1. The van der Waals surface area contributed by atoms with Crippen LogP contribution in [0.25, 0.3) is 0 Å². The number of guanidine groups is 1. The van der Waals surface area contributed by atoms with Crippen LogP contribution < -0.4 is 10.6 Å². The van der Waals surface area contributed by atoms with Gasteiger partial charge in [-0.1, -0.05) is 30.3 Å². The monoisotopic (exact) mass is 414 g/mol. The molecule has 1 aliphatic heterocycles. The maximum atomic E-state index is 5.85. The fourth-order valence-corrected chi connectivity index (χ4v) is 3.24. The minimum Gasteiger partial charge on any atom is -0.381 e. The first kappa shape index (κ1) is 22.2. The number of nitrogens with one attached hydrogen (secondary N) is 2. The second-order valence-corrected chi connectivity index (χ2v) is 7.64. The number of hydrogen-bond acceptors (Lipinski definition) is 5. The molecular weight excluding hydrogens is 380 g/mol. The molecule has 0 saturated carbocycles. The van der Waals surface area contributed by atoms with Crippen molar-refractivity contribution in [2.75, 3.05) is 33.0 Å². The average Bonchev–Trinajstić information content (AvgIpc) is 3.11. The lowest BCUT2D eigenvalue weighted by Gasteiger charge is -2.21. The number of rotatable bonds is 10. The van der Waals surface area contributed by atoms with E-state index in [9.17, 15) is 0 Å². The van der Waals surface area contributed by atoms with Crippen LogP contribution >= 0.6 is 0 Å². The largest absolute Gasteiger partial charge is 0.381 e. The van der Waals surface area contributed by atoms with Crippen LogP contribution in [0.15, 0.2) is 35.3 Å². The van der Waals surface area contributed by atoms with Crippen molar-refractivity contribution in [3.05, 3.63) is 47.5 Å². The first-order valence-corrected chi connectivity index (χ1v) is 10.8. The van der Waals surface area contributed by atoms with Crippen LogP contribution in [-0.2, 0) is 29.6 Å². The van der Waals surface area contributed by atoms with Crippen LogP contribution in [0, 0.1) is 12.8 Å². The van der Waals surface area contributed by atoms with E-state index >= 15 is 0 Å². The van der Waals surface area contributed by atoms with Gasteiger partial charge in [0.05, 0.1) is 13.1 Å². The number of hydrogen-bond donors (Lipinski definition) is 2. The van der Waals surface area contributed by atoms with Gasteiger partial charge < -0.3 is 24.7 Å². The van der Waals surface area contributed by atoms with E-state index in [0.29, 0.717) is 19.0 Å². The average molecular weight is 415 g/mol. The van der Waals surface area contributed by atoms with Crippen LogP contribution in [-0.4, -0.2) is 53.7 Å². The second kappa shape index (κ2) is 12.3. The minimum absolute atomic E-state index is 0.568. The van der Waals surface area contributed by atoms with Crippen molar-refractivity contribution < 1.29 is 9.47 Å². The third kappa shape index (κ3) is 7.42. The molecule has 1 saturated heterocycles. The zero-order chi connectivity index (χ0) is 21.0. The predicted octanol–water partition coefficient (Wildman–Crippen LogP) is 2.19. The molecule has 1 aromatic carbocycles. The molecule has 1 aliphatic rings. The molecular formula is C22H34N6O2. The predicted molar refractivity (Wildman–Crippen MR) is 117 cm³/mol. The SMILES string of the molecule is Cc1nnc(CNC(=NCc2ccccc2)NCCCOCC2CCOCC2)n1C. The van der Waals surface area contributed by atoms with Gasteiger partial charge in [0.2, 0.25) is 0 Å². The van der Waals surface area contributed by atoms with E-state index in [2.05, 4.69) is 33.0 Å². The van der Waals surface area contributed by atoms with E-state index in [1.54, 1.807) is 0 Å². The van der Waals surface area contributed by atoms with Gasteiger partial charge in [-0.2, -0.15) is 0 Å². The van der Waals surface area contributed by atoms with Crippen molar-refractivity contribution in [2.45, 2.75) is 39.3 Å². The number of nitrogens with zero attached hydrogens (tertiary/aromatic N) is 4. The molecule has 2 aromatic rings. The van der Waals surface area contributed by atoms with E-state index in [1.807, 2.05) is 36.7 Å². The quantitative estimate of drug-likeness (QED) is 0.352. The molecule has 0 amide bonds. The molecule has 164 valence electrons. The molecule has 0 spiro atoms. The fraction of sp³-hybridized carbons (Fsp3) is 0.591. The van der Waals surface area contributed by atoms with Crippen molar-refractivity contribution in [3.63, 3.8) is 0 Å². The summed E-state index contributed by atoms with van der Waals surface area (Å²) in [4.78, 5) is 4.72. The Morgan fingerprint density at radius 2 is 2.00 bits per heavy atom. The van der Waals surface area contributed by atoms with E-state index in [4.69, 9.17) is 14.5 Å². The lowest BCUT2D eigenvalue weighted by atomic mass is 10.0. The van der Waals surface area contributed by atoms with E-state index in [-0.39, 0.29) is 0 Å². The Balaban J connectivity index is 1.43. The number of aromatic nitrogens is 3. The topological polar surface area (TPSA) is 85.6 Å². The highest BCUT2D eigenvalue weighted by atomic mass is 16.5. The van der Waals surface area contributed by atoms with E-state index < -0.39 is 0 Å². The third-order valence-corrected chi connectivity index (χ3v) is 5.31. The molecule has 0 atom stereocenters. The summed E-state index contributed by atoms with van der Waals surface area (Å²) in [6, 6.07) is 10.2.